The third-order valence-corrected chi connectivity index (χ3v) is 4.32. The molecule has 1 aliphatic carbocycles. The summed E-state index contributed by atoms with van der Waals surface area (Å²) in [6.07, 6.45) is 4.36. The third kappa shape index (κ3) is 2.42. The molecule has 0 amide bonds. The van der Waals surface area contributed by atoms with Crippen molar-refractivity contribution in [3.05, 3.63) is 71.1 Å². The molecule has 1 nitrogen and oxygen atoms in total. The highest BCUT2D eigenvalue weighted by atomic mass is 14.7. The number of aromatic nitrogens is 1. The first-order valence-electron chi connectivity index (χ1n) is 7.59. The summed E-state index contributed by atoms with van der Waals surface area (Å²) in [5, 5.41) is 0. The zero-order valence-corrected chi connectivity index (χ0v) is 13.6. The number of rotatable bonds is 1. The highest BCUT2D eigenvalue weighted by Gasteiger charge is 2.30. The second-order valence-electron chi connectivity index (χ2n) is 7.51. The van der Waals surface area contributed by atoms with Gasteiger partial charge in [0.1, 0.15) is 0 Å². The van der Waals surface area contributed by atoms with Crippen LogP contribution in [0.25, 0.3) is 5.57 Å². The summed E-state index contributed by atoms with van der Waals surface area (Å²) in [6, 6.07) is 13.0. The van der Waals surface area contributed by atoms with Crippen molar-refractivity contribution in [2.45, 2.75) is 45.4 Å². The Morgan fingerprint density at radius 1 is 0.952 bits per heavy atom. The van der Waals surface area contributed by atoms with Crippen LogP contribution in [0.3, 0.4) is 0 Å². The van der Waals surface area contributed by atoms with Gasteiger partial charge >= 0.3 is 0 Å². The molecular formula is C20H23N. The van der Waals surface area contributed by atoms with Gasteiger partial charge in [-0.05, 0) is 28.2 Å². The lowest BCUT2D eigenvalue weighted by Crippen LogP contribution is -2.11. The molecule has 0 radical (unpaired) electrons. The second-order valence-corrected chi connectivity index (χ2v) is 7.51. The van der Waals surface area contributed by atoms with E-state index in [1.165, 1.54) is 22.3 Å². The second kappa shape index (κ2) is 4.56. The fourth-order valence-corrected chi connectivity index (χ4v) is 3.00. The van der Waals surface area contributed by atoms with E-state index in [1.54, 1.807) is 0 Å². The summed E-state index contributed by atoms with van der Waals surface area (Å²) in [5.41, 5.74) is 6.54. The highest BCUT2D eigenvalue weighted by Crippen LogP contribution is 2.42. The van der Waals surface area contributed by atoms with Crippen molar-refractivity contribution in [3.8, 4) is 0 Å². The molecule has 0 fully saturated rings. The van der Waals surface area contributed by atoms with Gasteiger partial charge in [-0.3, -0.25) is 4.98 Å². The maximum atomic E-state index is 4.72. The van der Waals surface area contributed by atoms with Gasteiger partial charge in [0.15, 0.2) is 0 Å². The van der Waals surface area contributed by atoms with Crippen LogP contribution in [0.1, 0.15) is 57.0 Å². The third-order valence-electron chi connectivity index (χ3n) is 4.32. The summed E-state index contributed by atoms with van der Waals surface area (Å²) in [4.78, 5) is 4.72. The Labute approximate surface area is 127 Å². The number of hydrogen-bond donors (Lipinski definition) is 0. The molecule has 3 rings (SSSR count). The van der Waals surface area contributed by atoms with Gasteiger partial charge in [0, 0.05) is 17.2 Å². The van der Waals surface area contributed by atoms with Crippen LogP contribution in [0.15, 0.2) is 48.7 Å². The fourth-order valence-electron chi connectivity index (χ4n) is 3.00. The number of allylic oxidation sites excluding steroid dienone is 1. The van der Waals surface area contributed by atoms with Gasteiger partial charge in [-0.1, -0.05) is 71.0 Å². The molecule has 0 bridgehead atoms. The largest absolute Gasteiger partial charge is 0.256 e. The van der Waals surface area contributed by atoms with Gasteiger partial charge in [-0.25, -0.2) is 0 Å². The molecule has 2 aromatic rings. The van der Waals surface area contributed by atoms with Gasteiger partial charge in [0.2, 0.25) is 0 Å². The summed E-state index contributed by atoms with van der Waals surface area (Å²) in [6.45, 7) is 11.2. The first-order chi connectivity index (χ1) is 9.79. The minimum absolute atomic E-state index is 0.0797. The standard InChI is InChI=1S/C20H23N/c1-19(2,3)14-10-11-18(21-13-14)16-12-20(4,5)17-9-7-6-8-15(16)17/h6-13H,1-5H3. The van der Waals surface area contributed by atoms with Crippen LogP contribution in [0.2, 0.25) is 0 Å². The quantitative estimate of drug-likeness (QED) is 0.706. The molecule has 1 aromatic heterocycles. The topological polar surface area (TPSA) is 12.9 Å². The van der Waals surface area contributed by atoms with Crippen molar-refractivity contribution >= 4 is 5.57 Å². The molecule has 0 spiro atoms. The van der Waals surface area contributed by atoms with Crippen LogP contribution in [0.4, 0.5) is 0 Å². The van der Waals surface area contributed by atoms with E-state index in [-0.39, 0.29) is 10.8 Å². The van der Waals surface area contributed by atoms with E-state index in [1.807, 2.05) is 6.20 Å². The van der Waals surface area contributed by atoms with Crippen LogP contribution in [-0.2, 0) is 10.8 Å². The van der Waals surface area contributed by atoms with E-state index >= 15 is 0 Å². The predicted molar refractivity (Wildman–Crippen MR) is 89.5 cm³/mol. The summed E-state index contributed by atoms with van der Waals surface area (Å²) >= 11 is 0. The fraction of sp³-hybridized carbons (Fsp3) is 0.350. The monoisotopic (exact) mass is 277 g/mol. The number of benzene rings is 1. The number of pyridine rings is 1. The Kier molecular flexibility index (Phi) is 3.05. The van der Waals surface area contributed by atoms with Crippen molar-refractivity contribution in [1.29, 1.82) is 0 Å². The van der Waals surface area contributed by atoms with Crippen molar-refractivity contribution in [3.63, 3.8) is 0 Å². The zero-order chi connectivity index (χ0) is 15.3. The van der Waals surface area contributed by atoms with Crippen LogP contribution in [0, 0.1) is 0 Å². The van der Waals surface area contributed by atoms with Crippen molar-refractivity contribution < 1.29 is 0 Å². The summed E-state index contributed by atoms with van der Waals surface area (Å²) < 4.78 is 0. The number of fused-ring (bicyclic) bond motifs is 1. The van der Waals surface area contributed by atoms with Gasteiger partial charge < -0.3 is 0 Å². The van der Waals surface area contributed by atoms with E-state index < -0.39 is 0 Å². The van der Waals surface area contributed by atoms with Gasteiger partial charge in [0.05, 0.1) is 5.69 Å². The van der Waals surface area contributed by atoms with Crippen LogP contribution in [-0.4, -0.2) is 4.98 Å². The maximum Gasteiger partial charge on any atom is 0.0705 e. The maximum absolute atomic E-state index is 4.72. The predicted octanol–water partition coefficient (Wildman–Crippen LogP) is 5.10. The molecule has 0 unspecified atom stereocenters. The summed E-state index contributed by atoms with van der Waals surface area (Å²) in [5.74, 6) is 0. The Bertz CT molecular complexity index is 697. The minimum atomic E-state index is 0.0797. The normalized spacial score (nSPS) is 16.5. The smallest absolute Gasteiger partial charge is 0.0705 e. The first kappa shape index (κ1) is 14.1. The Morgan fingerprint density at radius 3 is 2.29 bits per heavy atom. The van der Waals surface area contributed by atoms with Gasteiger partial charge in [0.25, 0.3) is 0 Å². The SMILES string of the molecule is CC(C)(C)c1ccc(C2=CC(C)(C)c3ccccc32)nc1. The van der Waals surface area contributed by atoms with Gasteiger partial charge in [-0.15, -0.1) is 0 Å². The zero-order valence-electron chi connectivity index (χ0n) is 13.6. The van der Waals surface area contributed by atoms with Gasteiger partial charge in [-0.2, -0.15) is 0 Å². The van der Waals surface area contributed by atoms with Crippen LogP contribution < -0.4 is 0 Å². The average molecular weight is 277 g/mol. The molecule has 1 aliphatic rings. The van der Waals surface area contributed by atoms with E-state index in [0.29, 0.717) is 0 Å². The number of nitrogens with zero attached hydrogens (tertiary/aromatic N) is 1. The van der Waals surface area contributed by atoms with E-state index in [2.05, 4.69) is 77.1 Å². The molecule has 0 saturated carbocycles. The van der Waals surface area contributed by atoms with Crippen molar-refractivity contribution in [1.82, 2.24) is 4.98 Å². The molecule has 108 valence electrons. The minimum Gasteiger partial charge on any atom is -0.256 e. The Hall–Kier alpha value is -1.89. The molecule has 0 atom stereocenters. The van der Waals surface area contributed by atoms with Crippen LogP contribution in [0.5, 0.6) is 0 Å². The lowest BCUT2D eigenvalue weighted by molar-refractivity contribution is 0.587. The molecule has 1 aromatic carbocycles. The Morgan fingerprint density at radius 2 is 1.67 bits per heavy atom. The van der Waals surface area contributed by atoms with Crippen LogP contribution >= 0.6 is 0 Å². The molecule has 21 heavy (non-hydrogen) atoms. The molecule has 1 heteroatoms. The molecule has 0 aliphatic heterocycles. The lowest BCUT2D eigenvalue weighted by Gasteiger charge is -2.18. The number of hydrogen-bond acceptors (Lipinski definition) is 1. The van der Waals surface area contributed by atoms with Crippen molar-refractivity contribution in [2.24, 2.45) is 0 Å². The summed E-state index contributed by atoms with van der Waals surface area (Å²) in [7, 11) is 0. The molecule has 1 heterocycles. The van der Waals surface area contributed by atoms with E-state index in [4.69, 9.17) is 4.98 Å². The first-order valence-corrected chi connectivity index (χ1v) is 7.59. The highest BCUT2D eigenvalue weighted by molar-refractivity contribution is 5.85. The molecular weight excluding hydrogens is 254 g/mol. The molecule has 0 saturated heterocycles. The van der Waals surface area contributed by atoms with Crippen molar-refractivity contribution in [2.75, 3.05) is 0 Å². The Balaban J connectivity index is 2.06. The molecule has 0 N–H and O–H groups in total. The lowest BCUT2D eigenvalue weighted by atomic mass is 9.87. The van der Waals surface area contributed by atoms with E-state index in [0.717, 1.165) is 5.69 Å². The average Bonchev–Trinajstić information content (AvgIpc) is 2.71. The van der Waals surface area contributed by atoms with E-state index in [9.17, 15) is 0 Å².